The van der Waals surface area contributed by atoms with E-state index in [1.807, 2.05) is 0 Å². The van der Waals surface area contributed by atoms with Crippen molar-refractivity contribution in [2.45, 2.75) is 40.5 Å². The minimum atomic E-state index is 0.249. The van der Waals surface area contributed by atoms with Crippen LogP contribution < -0.4 is 0 Å². The van der Waals surface area contributed by atoms with Crippen molar-refractivity contribution >= 4 is 22.6 Å². The molecule has 0 aromatic rings. The van der Waals surface area contributed by atoms with Crippen molar-refractivity contribution in [2.75, 3.05) is 6.61 Å². The quantitative estimate of drug-likeness (QED) is 0.494. The van der Waals surface area contributed by atoms with E-state index in [1.54, 1.807) is 5.57 Å². The van der Waals surface area contributed by atoms with E-state index in [1.165, 1.54) is 27.9 Å². The van der Waals surface area contributed by atoms with Gasteiger partial charge in [-0.25, -0.2) is 0 Å². The van der Waals surface area contributed by atoms with Crippen LogP contribution in [0, 0.1) is 17.8 Å². The molecule has 0 aliphatic heterocycles. The van der Waals surface area contributed by atoms with Crippen LogP contribution in [0.3, 0.4) is 0 Å². The van der Waals surface area contributed by atoms with Crippen LogP contribution >= 0.6 is 22.6 Å². The lowest BCUT2D eigenvalue weighted by molar-refractivity contribution is 0.231. The lowest BCUT2D eigenvalue weighted by atomic mass is 9.86. The molecule has 1 N–H and O–H groups in total. The number of hydrogen-bond donors (Lipinski definition) is 1. The summed E-state index contributed by atoms with van der Waals surface area (Å²) in [6.07, 6.45) is 2.10. The molecule has 0 heterocycles. The highest BCUT2D eigenvalue weighted by Gasteiger charge is 2.57. The van der Waals surface area contributed by atoms with Gasteiger partial charge in [-0.3, -0.25) is 0 Å². The van der Waals surface area contributed by atoms with Gasteiger partial charge in [0.15, 0.2) is 0 Å². The van der Waals surface area contributed by atoms with Gasteiger partial charge in [0.05, 0.1) is 6.61 Å². The maximum Gasteiger partial charge on any atom is 0.0502 e. The molecule has 3 atom stereocenters. The van der Waals surface area contributed by atoms with Gasteiger partial charge in [-0.15, -0.1) is 0 Å². The van der Waals surface area contributed by atoms with Crippen molar-refractivity contribution in [2.24, 2.45) is 17.8 Å². The van der Waals surface area contributed by atoms with E-state index < -0.39 is 0 Å². The summed E-state index contributed by atoms with van der Waals surface area (Å²) in [5.41, 5.74) is 8.49. The van der Waals surface area contributed by atoms with E-state index in [0.29, 0.717) is 11.8 Å². The highest BCUT2D eigenvalue weighted by molar-refractivity contribution is 14.1. The molecule has 2 aliphatic rings. The van der Waals surface area contributed by atoms with E-state index >= 15 is 0 Å². The summed E-state index contributed by atoms with van der Waals surface area (Å²) in [4.78, 5) is 0. The Hall–Kier alpha value is -0.350. The molecule has 1 saturated carbocycles. The lowest BCUT2D eigenvalue weighted by Gasteiger charge is -2.20. The third-order valence-electron chi connectivity index (χ3n) is 5.15. The second kappa shape index (κ2) is 6.18. The van der Waals surface area contributed by atoms with E-state index in [2.05, 4.69) is 60.9 Å². The van der Waals surface area contributed by atoms with Crippen LogP contribution in [0.15, 0.2) is 44.1 Å². The highest BCUT2D eigenvalue weighted by Crippen LogP contribution is 2.66. The van der Waals surface area contributed by atoms with Gasteiger partial charge in [-0.05, 0) is 53.1 Å². The Kier molecular flexibility index (Phi) is 4.96. The molecule has 0 amide bonds. The first kappa shape index (κ1) is 16.0. The van der Waals surface area contributed by atoms with Crippen molar-refractivity contribution < 1.29 is 5.11 Å². The number of hydrogen-bond acceptors (Lipinski definition) is 1. The summed E-state index contributed by atoms with van der Waals surface area (Å²) >= 11 is 2.33. The Labute approximate surface area is 136 Å². The second-order valence-corrected chi connectivity index (χ2v) is 6.52. The average Bonchev–Trinajstić information content (AvgIpc) is 3.15. The van der Waals surface area contributed by atoms with E-state index in [-0.39, 0.29) is 12.5 Å². The fourth-order valence-electron chi connectivity index (χ4n) is 3.82. The molecule has 0 aromatic carbocycles. The summed E-state index contributed by atoms with van der Waals surface area (Å²) in [6, 6.07) is 0. The smallest absolute Gasteiger partial charge is 0.0502 e. The largest absolute Gasteiger partial charge is 0.396 e. The molecule has 0 saturated heterocycles. The van der Waals surface area contributed by atoms with E-state index in [9.17, 15) is 5.11 Å². The predicted octanol–water partition coefficient (Wildman–Crippen LogP) is 5.18. The predicted molar refractivity (Wildman–Crippen MR) is 94.8 cm³/mol. The van der Waals surface area contributed by atoms with Gasteiger partial charge in [0.25, 0.3) is 0 Å². The Morgan fingerprint density at radius 2 is 2.05 bits per heavy atom. The maximum absolute atomic E-state index is 9.91. The van der Waals surface area contributed by atoms with Crippen LogP contribution in [0.4, 0.5) is 0 Å². The summed E-state index contributed by atoms with van der Waals surface area (Å²) in [6.45, 7) is 13.2. The van der Waals surface area contributed by atoms with Crippen LogP contribution in [0.2, 0.25) is 0 Å². The fourth-order valence-corrected chi connectivity index (χ4v) is 4.64. The molecule has 20 heavy (non-hydrogen) atoms. The van der Waals surface area contributed by atoms with Crippen LogP contribution in [0.1, 0.15) is 40.5 Å². The molecule has 1 unspecified atom stereocenters. The fraction of sp³-hybridized carbons (Fsp3) is 0.556. The zero-order valence-corrected chi connectivity index (χ0v) is 15.1. The zero-order chi connectivity index (χ0) is 15.0. The van der Waals surface area contributed by atoms with Gasteiger partial charge in [0.2, 0.25) is 0 Å². The first-order valence-corrected chi connectivity index (χ1v) is 8.77. The molecule has 1 nitrogen and oxygen atoms in total. The lowest BCUT2D eigenvalue weighted by Crippen LogP contribution is -2.13. The molecule has 0 spiro atoms. The molecule has 0 bridgehead atoms. The molecule has 2 heteroatoms. The van der Waals surface area contributed by atoms with Crippen molar-refractivity contribution in [1.29, 1.82) is 0 Å². The van der Waals surface area contributed by atoms with Crippen molar-refractivity contribution in [3.05, 3.63) is 44.1 Å². The third kappa shape index (κ3) is 2.35. The Balaban J connectivity index is 2.30. The van der Waals surface area contributed by atoms with Gasteiger partial charge in [0, 0.05) is 17.8 Å². The summed E-state index contributed by atoms with van der Waals surface area (Å²) in [7, 11) is 0. The van der Waals surface area contributed by atoms with Crippen molar-refractivity contribution in [1.82, 2.24) is 0 Å². The number of halogens is 1. The first-order chi connectivity index (χ1) is 9.53. The number of aliphatic hydroxyl groups is 1. The Morgan fingerprint density at radius 3 is 2.40 bits per heavy atom. The Bertz CT molecular complexity index is 522. The normalized spacial score (nSPS) is 27.9. The van der Waals surface area contributed by atoms with Crippen molar-refractivity contribution in [3.63, 3.8) is 0 Å². The highest BCUT2D eigenvalue weighted by atomic mass is 127. The topological polar surface area (TPSA) is 20.2 Å². The van der Waals surface area contributed by atoms with Gasteiger partial charge in [-0.2, -0.15) is 0 Å². The zero-order valence-electron chi connectivity index (χ0n) is 13.0. The van der Waals surface area contributed by atoms with Gasteiger partial charge in [-0.1, -0.05) is 54.2 Å². The SMILES string of the molecule is C=C1C(C)=C2C([C@H](CO)/C(C)=C(CC)\C(=C\I)CC)[C@H]12. The first-order valence-electron chi connectivity index (χ1n) is 7.53. The van der Waals surface area contributed by atoms with Gasteiger partial charge >= 0.3 is 0 Å². The summed E-state index contributed by atoms with van der Waals surface area (Å²) in [5.74, 6) is 1.38. The molecule has 0 aromatic heterocycles. The minimum absolute atomic E-state index is 0.249. The number of fused-ring (bicyclic) bond motifs is 1. The monoisotopic (exact) mass is 384 g/mol. The number of rotatable bonds is 6. The van der Waals surface area contributed by atoms with Crippen LogP contribution in [-0.2, 0) is 0 Å². The molecule has 110 valence electrons. The van der Waals surface area contributed by atoms with Crippen molar-refractivity contribution in [3.8, 4) is 0 Å². The molecule has 2 aliphatic carbocycles. The summed E-state index contributed by atoms with van der Waals surface area (Å²) in [5, 5.41) is 9.91. The van der Waals surface area contributed by atoms with E-state index in [0.717, 1.165) is 12.8 Å². The average molecular weight is 384 g/mol. The second-order valence-electron chi connectivity index (χ2n) is 5.90. The molecular weight excluding hydrogens is 359 g/mol. The molecule has 0 radical (unpaired) electrons. The maximum atomic E-state index is 9.91. The van der Waals surface area contributed by atoms with Crippen LogP contribution in [-0.4, -0.2) is 11.7 Å². The number of allylic oxidation sites excluding steroid dienone is 5. The van der Waals surface area contributed by atoms with Crippen LogP contribution in [0.5, 0.6) is 0 Å². The van der Waals surface area contributed by atoms with Crippen LogP contribution in [0.25, 0.3) is 0 Å². The van der Waals surface area contributed by atoms with E-state index in [4.69, 9.17) is 0 Å². The third-order valence-corrected chi connectivity index (χ3v) is 5.90. The minimum Gasteiger partial charge on any atom is -0.396 e. The van der Waals surface area contributed by atoms with Gasteiger partial charge < -0.3 is 5.11 Å². The standard InChI is InChI=1S/C18H25IO/c1-6-13(8-19)14(7-2)12(5)15(9-20)18-16-10(3)11(4)17(16)18/h8,15-16,18,20H,3,6-7,9H2,1-2,4-5H3/b13-8+,14-12-/t15-,16-,18?/m1/s1. The summed E-state index contributed by atoms with van der Waals surface area (Å²) < 4.78 is 2.19. The Morgan fingerprint density at radius 1 is 1.40 bits per heavy atom. The van der Waals surface area contributed by atoms with Gasteiger partial charge in [0.1, 0.15) is 0 Å². The molecule has 2 rings (SSSR count). The molecular formula is C18H25IO. The molecule has 1 fully saturated rings. The number of aliphatic hydroxyl groups excluding tert-OH is 1.